The average Bonchev–Trinajstić information content (AvgIpc) is 2.82. The van der Waals surface area contributed by atoms with Crippen LogP contribution in [-0.2, 0) is 12.0 Å². The SMILES string of the molecule is Cc1nnc(CN[C@H](C)C(C)(C)c2ccccc2)s1. The van der Waals surface area contributed by atoms with Gasteiger partial charge in [-0.3, -0.25) is 0 Å². The van der Waals surface area contributed by atoms with Crippen LogP contribution in [0.2, 0.25) is 0 Å². The van der Waals surface area contributed by atoms with E-state index in [0.717, 1.165) is 16.6 Å². The van der Waals surface area contributed by atoms with Crippen molar-refractivity contribution in [2.45, 2.75) is 45.7 Å². The second-order valence-corrected chi connectivity index (χ2v) is 6.67. The summed E-state index contributed by atoms with van der Waals surface area (Å²) in [5, 5.41) is 13.8. The predicted octanol–water partition coefficient (Wildman–Crippen LogP) is 3.30. The van der Waals surface area contributed by atoms with E-state index in [1.165, 1.54) is 5.56 Å². The molecule has 1 heterocycles. The molecule has 1 aromatic carbocycles. The summed E-state index contributed by atoms with van der Waals surface area (Å²) in [5.41, 5.74) is 1.43. The zero-order valence-electron chi connectivity index (χ0n) is 12.0. The van der Waals surface area contributed by atoms with E-state index >= 15 is 0 Å². The molecule has 1 atom stereocenters. The molecule has 1 N–H and O–H groups in total. The quantitative estimate of drug-likeness (QED) is 0.910. The van der Waals surface area contributed by atoms with Crippen molar-refractivity contribution in [3.8, 4) is 0 Å². The van der Waals surface area contributed by atoms with Gasteiger partial charge in [-0.25, -0.2) is 0 Å². The average molecular weight is 275 g/mol. The molecular weight excluding hydrogens is 254 g/mol. The number of nitrogens with zero attached hydrogens (tertiary/aromatic N) is 2. The highest BCUT2D eigenvalue weighted by molar-refractivity contribution is 7.11. The van der Waals surface area contributed by atoms with Crippen LogP contribution in [0.25, 0.3) is 0 Å². The van der Waals surface area contributed by atoms with Crippen LogP contribution in [0.5, 0.6) is 0 Å². The van der Waals surface area contributed by atoms with Crippen molar-refractivity contribution in [2.24, 2.45) is 0 Å². The Labute approximate surface area is 119 Å². The highest BCUT2D eigenvalue weighted by Crippen LogP contribution is 2.27. The molecule has 0 aliphatic carbocycles. The maximum absolute atomic E-state index is 4.15. The Hall–Kier alpha value is -1.26. The number of aryl methyl sites for hydroxylation is 1. The van der Waals surface area contributed by atoms with Gasteiger partial charge in [-0.15, -0.1) is 21.5 Å². The maximum Gasteiger partial charge on any atom is 0.131 e. The standard InChI is InChI=1S/C15H21N3S/c1-11(16-10-14-18-17-12(2)19-14)15(3,4)13-8-6-5-7-9-13/h5-9,11,16H,10H2,1-4H3/t11-/m1/s1. The summed E-state index contributed by atoms with van der Waals surface area (Å²) >= 11 is 1.65. The molecule has 0 radical (unpaired) electrons. The van der Waals surface area contributed by atoms with E-state index in [9.17, 15) is 0 Å². The molecule has 1 aromatic heterocycles. The van der Waals surface area contributed by atoms with Gasteiger partial charge in [-0.1, -0.05) is 44.2 Å². The summed E-state index contributed by atoms with van der Waals surface area (Å²) in [5.74, 6) is 0. The minimum atomic E-state index is 0.0843. The summed E-state index contributed by atoms with van der Waals surface area (Å²) in [6.07, 6.45) is 0. The third-order valence-electron chi connectivity index (χ3n) is 3.73. The number of aromatic nitrogens is 2. The van der Waals surface area contributed by atoms with E-state index in [1.807, 2.05) is 6.92 Å². The number of rotatable bonds is 5. The van der Waals surface area contributed by atoms with Crippen molar-refractivity contribution in [1.29, 1.82) is 0 Å². The minimum absolute atomic E-state index is 0.0843. The molecule has 0 amide bonds. The Bertz CT molecular complexity index is 519. The number of nitrogens with one attached hydrogen (secondary N) is 1. The fourth-order valence-electron chi connectivity index (χ4n) is 2.02. The van der Waals surface area contributed by atoms with Gasteiger partial charge in [0.2, 0.25) is 0 Å². The molecule has 102 valence electrons. The highest BCUT2D eigenvalue weighted by atomic mass is 32.1. The summed E-state index contributed by atoms with van der Waals surface area (Å²) in [7, 11) is 0. The molecule has 0 unspecified atom stereocenters. The van der Waals surface area contributed by atoms with Gasteiger partial charge in [0.15, 0.2) is 0 Å². The van der Waals surface area contributed by atoms with Crippen LogP contribution in [-0.4, -0.2) is 16.2 Å². The van der Waals surface area contributed by atoms with E-state index in [0.29, 0.717) is 6.04 Å². The van der Waals surface area contributed by atoms with Gasteiger partial charge in [0, 0.05) is 18.0 Å². The minimum Gasteiger partial charge on any atom is -0.307 e. The van der Waals surface area contributed by atoms with Gasteiger partial charge in [0.25, 0.3) is 0 Å². The molecule has 19 heavy (non-hydrogen) atoms. The van der Waals surface area contributed by atoms with Crippen LogP contribution >= 0.6 is 11.3 Å². The van der Waals surface area contributed by atoms with E-state index < -0.39 is 0 Å². The lowest BCUT2D eigenvalue weighted by Gasteiger charge is -2.33. The third-order valence-corrected chi connectivity index (χ3v) is 4.57. The molecule has 4 heteroatoms. The summed E-state index contributed by atoms with van der Waals surface area (Å²) in [6, 6.07) is 11.0. The largest absolute Gasteiger partial charge is 0.307 e. The molecule has 0 aliphatic heterocycles. The van der Waals surface area contributed by atoms with E-state index in [1.54, 1.807) is 11.3 Å². The Morgan fingerprint density at radius 3 is 2.47 bits per heavy atom. The zero-order valence-corrected chi connectivity index (χ0v) is 12.8. The zero-order chi connectivity index (χ0) is 13.9. The first-order valence-corrected chi connectivity index (χ1v) is 7.39. The Kier molecular flexibility index (Phi) is 4.32. The van der Waals surface area contributed by atoms with E-state index in [-0.39, 0.29) is 5.41 Å². The van der Waals surface area contributed by atoms with Gasteiger partial charge < -0.3 is 5.32 Å². The van der Waals surface area contributed by atoms with Crippen LogP contribution in [0.15, 0.2) is 30.3 Å². The lowest BCUT2D eigenvalue weighted by atomic mass is 9.78. The monoisotopic (exact) mass is 275 g/mol. The first-order chi connectivity index (χ1) is 9.00. The lowest BCUT2D eigenvalue weighted by molar-refractivity contribution is 0.360. The van der Waals surface area contributed by atoms with E-state index in [4.69, 9.17) is 0 Å². The molecular formula is C15H21N3S. The summed E-state index contributed by atoms with van der Waals surface area (Å²) < 4.78 is 0. The van der Waals surface area contributed by atoms with Crippen molar-refractivity contribution in [3.05, 3.63) is 45.9 Å². The fraction of sp³-hybridized carbons (Fsp3) is 0.467. The van der Waals surface area contributed by atoms with Crippen LogP contribution in [0.3, 0.4) is 0 Å². The summed E-state index contributed by atoms with van der Waals surface area (Å²) in [4.78, 5) is 0. The Morgan fingerprint density at radius 1 is 1.21 bits per heavy atom. The van der Waals surface area contributed by atoms with E-state index in [2.05, 4.69) is 66.6 Å². The summed E-state index contributed by atoms with van der Waals surface area (Å²) in [6.45, 7) is 9.53. The van der Waals surface area contributed by atoms with Gasteiger partial charge in [-0.05, 0) is 19.4 Å². The normalized spacial score (nSPS) is 13.5. The van der Waals surface area contributed by atoms with Crippen LogP contribution in [0, 0.1) is 6.92 Å². The second kappa shape index (κ2) is 5.80. The molecule has 0 aliphatic rings. The van der Waals surface area contributed by atoms with Crippen LogP contribution < -0.4 is 5.32 Å². The Morgan fingerprint density at radius 2 is 1.89 bits per heavy atom. The first-order valence-electron chi connectivity index (χ1n) is 6.58. The van der Waals surface area contributed by atoms with Gasteiger partial charge in [0.1, 0.15) is 10.0 Å². The second-order valence-electron chi connectivity index (χ2n) is 5.41. The Balaban J connectivity index is 2.01. The third kappa shape index (κ3) is 3.39. The fourth-order valence-corrected chi connectivity index (χ4v) is 2.68. The maximum atomic E-state index is 4.15. The van der Waals surface area contributed by atoms with Crippen molar-refractivity contribution < 1.29 is 0 Å². The van der Waals surface area contributed by atoms with Crippen molar-refractivity contribution >= 4 is 11.3 Å². The van der Waals surface area contributed by atoms with Crippen molar-refractivity contribution in [2.75, 3.05) is 0 Å². The first kappa shape index (κ1) is 14.2. The van der Waals surface area contributed by atoms with Crippen molar-refractivity contribution in [3.63, 3.8) is 0 Å². The molecule has 0 fully saturated rings. The van der Waals surface area contributed by atoms with Crippen LogP contribution in [0.1, 0.15) is 36.3 Å². The number of hydrogen-bond donors (Lipinski definition) is 1. The lowest BCUT2D eigenvalue weighted by Crippen LogP contribution is -2.42. The predicted molar refractivity (Wildman–Crippen MR) is 80.4 cm³/mol. The molecule has 0 spiro atoms. The van der Waals surface area contributed by atoms with Gasteiger partial charge in [0.05, 0.1) is 0 Å². The number of hydrogen-bond acceptors (Lipinski definition) is 4. The van der Waals surface area contributed by atoms with Gasteiger partial charge in [-0.2, -0.15) is 0 Å². The molecule has 3 nitrogen and oxygen atoms in total. The van der Waals surface area contributed by atoms with Gasteiger partial charge >= 0.3 is 0 Å². The van der Waals surface area contributed by atoms with Crippen LogP contribution in [0.4, 0.5) is 0 Å². The molecule has 2 rings (SSSR count). The van der Waals surface area contributed by atoms with Crippen molar-refractivity contribution in [1.82, 2.24) is 15.5 Å². The molecule has 2 aromatic rings. The topological polar surface area (TPSA) is 37.8 Å². The molecule has 0 saturated heterocycles. The number of benzene rings is 1. The smallest absolute Gasteiger partial charge is 0.131 e. The highest BCUT2D eigenvalue weighted by Gasteiger charge is 2.27. The molecule has 0 saturated carbocycles. The molecule has 0 bridgehead atoms.